The van der Waals surface area contributed by atoms with Gasteiger partial charge < -0.3 is 11.1 Å². The van der Waals surface area contributed by atoms with E-state index in [4.69, 9.17) is 5.73 Å². The second-order valence-electron chi connectivity index (χ2n) is 6.44. The number of benzene rings is 2. The summed E-state index contributed by atoms with van der Waals surface area (Å²) in [6.45, 7) is 1.39. The molecule has 2 aromatic carbocycles. The standard InChI is InChI=1S/C20H21N5O3/c1-14-6-5-9-16(10-14)25-20(28)24(13-19(27)22-12-17(21)26)18(23-25)11-15-7-3-2-4-8-15/h2-10H,11-13H2,1H3,(H2,21,26)(H,22,27). The number of nitrogens with zero attached hydrogens (tertiary/aromatic N) is 3. The van der Waals surface area contributed by atoms with Crippen LogP contribution in [-0.2, 0) is 22.6 Å². The number of carbonyl (C=O) groups excluding carboxylic acids is 2. The Morgan fingerprint density at radius 1 is 1.11 bits per heavy atom. The maximum absolute atomic E-state index is 13.0. The Hall–Kier alpha value is -3.68. The molecule has 0 unspecified atom stereocenters. The van der Waals surface area contributed by atoms with Gasteiger partial charge >= 0.3 is 5.69 Å². The number of amides is 2. The van der Waals surface area contributed by atoms with E-state index in [1.807, 2.05) is 55.5 Å². The Morgan fingerprint density at radius 3 is 2.54 bits per heavy atom. The van der Waals surface area contributed by atoms with Gasteiger partial charge in [0.15, 0.2) is 0 Å². The van der Waals surface area contributed by atoms with E-state index in [2.05, 4.69) is 10.4 Å². The Bertz CT molecular complexity index is 1050. The predicted molar refractivity (Wildman–Crippen MR) is 104 cm³/mol. The van der Waals surface area contributed by atoms with E-state index in [1.165, 1.54) is 9.25 Å². The van der Waals surface area contributed by atoms with Crippen LogP contribution >= 0.6 is 0 Å². The van der Waals surface area contributed by atoms with Crippen LogP contribution in [0.2, 0.25) is 0 Å². The van der Waals surface area contributed by atoms with Crippen molar-refractivity contribution in [2.75, 3.05) is 6.54 Å². The summed E-state index contributed by atoms with van der Waals surface area (Å²) in [6.07, 6.45) is 0.387. The molecule has 0 saturated carbocycles. The molecule has 8 heteroatoms. The van der Waals surface area contributed by atoms with Crippen LogP contribution in [0.1, 0.15) is 17.0 Å². The number of carbonyl (C=O) groups is 2. The van der Waals surface area contributed by atoms with Crippen LogP contribution in [-0.4, -0.2) is 32.7 Å². The van der Waals surface area contributed by atoms with Gasteiger partial charge in [-0.05, 0) is 30.2 Å². The van der Waals surface area contributed by atoms with Crippen molar-refractivity contribution in [3.63, 3.8) is 0 Å². The van der Waals surface area contributed by atoms with Crippen molar-refractivity contribution in [2.24, 2.45) is 5.73 Å². The number of primary amides is 1. The summed E-state index contributed by atoms with van der Waals surface area (Å²) < 4.78 is 2.60. The van der Waals surface area contributed by atoms with Crippen LogP contribution in [0.3, 0.4) is 0 Å². The number of nitrogens with one attached hydrogen (secondary N) is 1. The minimum atomic E-state index is -0.652. The van der Waals surface area contributed by atoms with Crippen molar-refractivity contribution in [3.05, 3.63) is 82.0 Å². The molecule has 0 fully saturated rings. The number of rotatable bonds is 7. The van der Waals surface area contributed by atoms with E-state index >= 15 is 0 Å². The fourth-order valence-electron chi connectivity index (χ4n) is 2.82. The quantitative estimate of drug-likeness (QED) is 0.624. The third-order valence-corrected chi connectivity index (χ3v) is 4.15. The van der Waals surface area contributed by atoms with Crippen molar-refractivity contribution in [2.45, 2.75) is 19.9 Å². The molecule has 0 saturated heterocycles. The average Bonchev–Trinajstić information content (AvgIpc) is 2.97. The van der Waals surface area contributed by atoms with Crippen LogP contribution < -0.4 is 16.7 Å². The van der Waals surface area contributed by atoms with Crippen molar-refractivity contribution in [1.82, 2.24) is 19.7 Å². The van der Waals surface area contributed by atoms with Gasteiger partial charge in [-0.2, -0.15) is 4.68 Å². The molecule has 144 valence electrons. The summed E-state index contributed by atoms with van der Waals surface area (Å²) in [5.74, 6) is -0.688. The fourth-order valence-corrected chi connectivity index (χ4v) is 2.82. The molecule has 0 atom stereocenters. The normalized spacial score (nSPS) is 10.6. The zero-order chi connectivity index (χ0) is 20.1. The minimum absolute atomic E-state index is 0.250. The van der Waals surface area contributed by atoms with Gasteiger partial charge in [0.25, 0.3) is 0 Å². The summed E-state index contributed by atoms with van der Waals surface area (Å²) in [5.41, 5.74) is 7.20. The van der Waals surface area contributed by atoms with Crippen molar-refractivity contribution >= 4 is 11.8 Å². The molecule has 3 rings (SSSR count). The van der Waals surface area contributed by atoms with Crippen LogP contribution in [0, 0.1) is 6.92 Å². The van der Waals surface area contributed by atoms with E-state index in [0.29, 0.717) is 17.9 Å². The van der Waals surface area contributed by atoms with Crippen LogP contribution in [0.4, 0.5) is 0 Å². The number of nitrogens with two attached hydrogens (primary N) is 1. The zero-order valence-electron chi connectivity index (χ0n) is 15.5. The number of aryl methyl sites for hydroxylation is 1. The molecule has 8 nitrogen and oxygen atoms in total. The molecule has 0 spiro atoms. The lowest BCUT2D eigenvalue weighted by molar-refractivity contribution is -0.125. The highest BCUT2D eigenvalue weighted by Crippen LogP contribution is 2.10. The molecule has 0 aliphatic carbocycles. The minimum Gasteiger partial charge on any atom is -0.368 e. The Balaban J connectivity index is 1.98. The van der Waals surface area contributed by atoms with Gasteiger partial charge in [-0.25, -0.2) is 4.79 Å². The molecular weight excluding hydrogens is 358 g/mol. The fraction of sp³-hybridized carbons (Fsp3) is 0.200. The molecule has 0 aliphatic rings. The van der Waals surface area contributed by atoms with E-state index in [1.54, 1.807) is 6.07 Å². The van der Waals surface area contributed by atoms with Gasteiger partial charge in [0.2, 0.25) is 11.8 Å². The van der Waals surface area contributed by atoms with Crippen LogP contribution in [0.15, 0.2) is 59.4 Å². The third-order valence-electron chi connectivity index (χ3n) is 4.15. The molecule has 2 amide bonds. The van der Waals surface area contributed by atoms with Gasteiger partial charge in [-0.15, -0.1) is 5.10 Å². The van der Waals surface area contributed by atoms with Crippen molar-refractivity contribution in [1.29, 1.82) is 0 Å². The molecular formula is C20H21N5O3. The lowest BCUT2D eigenvalue weighted by Gasteiger charge is -2.06. The van der Waals surface area contributed by atoms with Gasteiger partial charge in [-0.1, -0.05) is 42.5 Å². The first-order chi connectivity index (χ1) is 13.4. The topological polar surface area (TPSA) is 112 Å². The van der Waals surface area contributed by atoms with E-state index in [-0.39, 0.29) is 13.1 Å². The first-order valence-electron chi connectivity index (χ1n) is 8.79. The average molecular weight is 379 g/mol. The Kier molecular flexibility index (Phi) is 5.69. The SMILES string of the molecule is Cc1cccc(-n2nc(Cc3ccccc3)n(CC(=O)NCC(N)=O)c2=O)c1. The van der Waals surface area contributed by atoms with Gasteiger partial charge in [0.05, 0.1) is 12.2 Å². The largest absolute Gasteiger partial charge is 0.368 e. The second-order valence-corrected chi connectivity index (χ2v) is 6.44. The molecule has 0 bridgehead atoms. The first-order valence-corrected chi connectivity index (χ1v) is 8.79. The Labute approximate surface area is 161 Å². The van der Waals surface area contributed by atoms with E-state index in [0.717, 1.165) is 11.1 Å². The molecule has 1 aromatic heterocycles. The number of hydrogen-bond donors (Lipinski definition) is 2. The molecule has 3 aromatic rings. The summed E-state index contributed by atoms with van der Waals surface area (Å²) in [4.78, 5) is 36.0. The van der Waals surface area contributed by atoms with E-state index in [9.17, 15) is 14.4 Å². The molecule has 28 heavy (non-hydrogen) atoms. The molecule has 3 N–H and O–H groups in total. The van der Waals surface area contributed by atoms with Crippen molar-refractivity contribution in [3.8, 4) is 5.69 Å². The molecule has 1 heterocycles. The lowest BCUT2D eigenvalue weighted by atomic mass is 10.1. The van der Waals surface area contributed by atoms with Crippen LogP contribution in [0.5, 0.6) is 0 Å². The summed E-state index contributed by atoms with van der Waals surface area (Å²) in [6, 6.07) is 16.9. The van der Waals surface area contributed by atoms with Crippen LogP contribution in [0.25, 0.3) is 5.69 Å². The van der Waals surface area contributed by atoms with Crippen molar-refractivity contribution < 1.29 is 9.59 Å². The van der Waals surface area contributed by atoms with Gasteiger partial charge in [-0.3, -0.25) is 14.2 Å². The number of aromatic nitrogens is 3. The lowest BCUT2D eigenvalue weighted by Crippen LogP contribution is -2.38. The summed E-state index contributed by atoms with van der Waals surface area (Å²) in [7, 11) is 0. The first kappa shape index (κ1) is 19.1. The van der Waals surface area contributed by atoms with Gasteiger partial charge in [0.1, 0.15) is 12.4 Å². The highest BCUT2D eigenvalue weighted by molar-refractivity contribution is 5.83. The highest BCUT2D eigenvalue weighted by atomic mass is 16.2. The molecule has 0 aliphatic heterocycles. The summed E-state index contributed by atoms with van der Waals surface area (Å²) in [5, 5.41) is 6.86. The second kappa shape index (κ2) is 8.34. The molecule has 0 radical (unpaired) electrons. The monoisotopic (exact) mass is 379 g/mol. The predicted octanol–water partition coefficient (Wildman–Crippen LogP) is 0.535. The highest BCUT2D eigenvalue weighted by Gasteiger charge is 2.18. The van der Waals surface area contributed by atoms with Gasteiger partial charge in [0, 0.05) is 6.42 Å². The maximum atomic E-state index is 13.0. The number of hydrogen-bond acceptors (Lipinski definition) is 4. The third kappa shape index (κ3) is 4.53. The maximum Gasteiger partial charge on any atom is 0.351 e. The Morgan fingerprint density at radius 2 is 1.86 bits per heavy atom. The zero-order valence-corrected chi connectivity index (χ0v) is 15.5. The smallest absolute Gasteiger partial charge is 0.351 e. The summed E-state index contributed by atoms with van der Waals surface area (Å²) >= 11 is 0. The van der Waals surface area contributed by atoms with E-state index < -0.39 is 17.5 Å².